The van der Waals surface area contributed by atoms with E-state index in [0.29, 0.717) is 11.4 Å². The lowest BCUT2D eigenvalue weighted by atomic mass is 10.1. The quantitative estimate of drug-likeness (QED) is 0.455. The summed E-state index contributed by atoms with van der Waals surface area (Å²) >= 11 is 0. The van der Waals surface area contributed by atoms with Crippen LogP contribution in [-0.4, -0.2) is 30.5 Å². The topological polar surface area (TPSA) is 133 Å². The summed E-state index contributed by atoms with van der Waals surface area (Å²) in [6.07, 6.45) is 2.84. The number of fused-ring (bicyclic) bond motifs is 1. The van der Waals surface area contributed by atoms with Gasteiger partial charge in [-0.05, 0) is 24.3 Å². The number of para-hydroxylation sites is 1. The van der Waals surface area contributed by atoms with Crippen molar-refractivity contribution >= 4 is 28.7 Å². The van der Waals surface area contributed by atoms with E-state index in [9.17, 15) is 19.2 Å². The van der Waals surface area contributed by atoms with Gasteiger partial charge in [0.25, 0.3) is 11.5 Å². The number of carbonyl (C=O) groups excluding carboxylic acids is 2. The maximum Gasteiger partial charge on any atom is 0.332 e. The van der Waals surface area contributed by atoms with Crippen LogP contribution in [0.3, 0.4) is 0 Å². The molecule has 164 valence electrons. The summed E-state index contributed by atoms with van der Waals surface area (Å²) in [4.78, 5) is 54.0. The number of carbonyl (C=O) groups is 2. The highest BCUT2D eigenvalue weighted by molar-refractivity contribution is 6.03. The van der Waals surface area contributed by atoms with Crippen molar-refractivity contribution in [2.75, 3.05) is 5.32 Å². The fourth-order valence-electron chi connectivity index (χ4n) is 3.33. The summed E-state index contributed by atoms with van der Waals surface area (Å²) in [6, 6.07) is 10.0. The second-order valence-electron chi connectivity index (χ2n) is 7.11. The van der Waals surface area contributed by atoms with Gasteiger partial charge in [0.2, 0.25) is 5.91 Å². The van der Waals surface area contributed by atoms with Crippen LogP contribution in [0, 0.1) is 0 Å². The number of nitrogens with one attached hydrogen (secondary N) is 2. The average molecular weight is 436 g/mol. The molecule has 2 amide bonds. The fraction of sp³-hybridized carbons (Fsp3) is 0.190. The molecule has 4 rings (SSSR count). The molecule has 0 aliphatic heterocycles. The van der Waals surface area contributed by atoms with Crippen molar-refractivity contribution < 1.29 is 14.0 Å². The van der Waals surface area contributed by atoms with E-state index in [1.165, 1.54) is 35.8 Å². The summed E-state index contributed by atoms with van der Waals surface area (Å²) in [6.45, 7) is -0.0244. The van der Waals surface area contributed by atoms with E-state index in [-0.39, 0.29) is 35.7 Å². The predicted octanol–water partition coefficient (Wildman–Crippen LogP) is 0.595. The SMILES string of the molecule is Cn1c(=O)c2c(ncn2CC(=O)Nc2ccccc2C(=O)NCc2ccco2)n(C)c1=O. The number of furan rings is 1. The third kappa shape index (κ3) is 3.83. The van der Waals surface area contributed by atoms with Crippen molar-refractivity contribution in [1.82, 2.24) is 24.0 Å². The third-order valence-electron chi connectivity index (χ3n) is 4.98. The van der Waals surface area contributed by atoms with Crippen LogP contribution in [0.25, 0.3) is 11.2 Å². The number of hydrogen-bond donors (Lipinski definition) is 2. The molecule has 0 radical (unpaired) electrons. The first-order chi connectivity index (χ1) is 15.4. The number of rotatable bonds is 6. The zero-order chi connectivity index (χ0) is 22.8. The molecule has 4 aromatic rings. The van der Waals surface area contributed by atoms with Crippen LogP contribution in [0.15, 0.2) is 63.0 Å². The van der Waals surface area contributed by atoms with Gasteiger partial charge in [0.1, 0.15) is 12.3 Å². The summed E-state index contributed by atoms with van der Waals surface area (Å²) in [7, 11) is 2.86. The monoisotopic (exact) mass is 436 g/mol. The largest absolute Gasteiger partial charge is 0.467 e. The first-order valence-corrected chi connectivity index (χ1v) is 9.67. The predicted molar refractivity (Wildman–Crippen MR) is 115 cm³/mol. The molecule has 11 nitrogen and oxygen atoms in total. The van der Waals surface area contributed by atoms with Crippen molar-refractivity contribution in [2.24, 2.45) is 14.1 Å². The molecule has 0 fully saturated rings. The highest BCUT2D eigenvalue weighted by Crippen LogP contribution is 2.16. The second-order valence-corrected chi connectivity index (χ2v) is 7.11. The Kier molecular flexibility index (Phi) is 5.46. The zero-order valence-corrected chi connectivity index (χ0v) is 17.4. The summed E-state index contributed by atoms with van der Waals surface area (Å²) in [5.74, 6) is -0.247. The average Bonchev–Trinajstić information content (AvgIpc) is 3.45. The molecule has 0 aliphatic carbocycles. The van der Waals surface area contributed by atoms with Gasteiger partial charge < -0.3 is 19.6 Å². The van der Waals surface area contributed by atoms with Crippen LogP contribution in [0.1, 0.15) is 16.1 Å². The van der Waals surface area contributed by atoms with Gasteiger partial charge in [0, 0.05) is 14.1 Å². The summed E-state index contributed by atoms with van der Waals surface area (Å²) in [5.41, 5.74) is -0.143. The van der Waals surface area contributed by atoms with Crippen molar-refractivity contribution in [2.45, 2.75) is 13.1 Å². The minimum atomic E-state index is -0.550. The standard InChI is InChI=1S/C21H20N6O5/c1-25-18-17(20(30)26(2)21(25)31)27(12-23-18)11-16(28)24-15-8-4-3-7-14(15)19(29)22-10-13-6-5-9-32-13/h3-9,12H,10-11H2,1-2H3,(H,22,29)(H,24,28). The number of amides is 2. The Labute approximate surface area is 180 Å². The van der Waals surface area contributed by atoms with Crippen LogP contribution < -0.4 is 21.9 Å². The van der Waals surface area contributed by atoms with Crippen LogP contribution >= 0.6 is 0 Å². The molecule has 0 saturated heterocycles. The molecule has 2 N–H and O–H groups in total. The van der Waals surface area contributed by atoms with E-state index >= 15 is 0 Å². The van der Waals surface area contributed by atoms with Gasteiger partial charge in [-0.15, -0.1) is 0 Å². The van der Waals surface area contributed by atoms with Gasteiger partial charge in [-0.3, -0.25) is 23.5 Å². The van der Waals surface area contributed by atoms with Crippen molar-refractivity contribution in [3.63, 3.8) is 0 Å². The number of aromatic nitrogens is 4. The Morgan fingerprint density at radius 2 is 1.84 bits per heavy atom. The van der Waals surface area contributed by atoms with Gasteiger partial charge in [-0.2, -0.15) is 0 Å². The van der Waals surface area contributed by atoms with Gasteiger partial charge >= 0.3 is 5.69 Å². The van der Waals surface area contributed by atoms with Gasteiger partial charge in [-0.1, -0.05) is 12.1 Å². The van der Waals surface area contributed by atoms with Crippen molar-refractivity contribution in [3.05, 3.63) is 81.2 Å². The first kappa shape index (κ1) is 20.8. The molecule has 0 spiro atoms. The molecular formula is C21H20N6O5. The van der Waals surface area contributed by atoms with Crippen molar-refractivity contribution in [1.29, 1.82) is 0 Å². The fourth-order valence-corrected chi connectivity index (χ4v) is 3.33. The number of benzene rings is 1. The zero-order valence-electron chi connectivity index (χ0n) is 17.4. The molecule has 0 bridgehead atoms. The van der Waals surface area contributed by atoms with Crippen LogP contribution in [-0.2, 0) is 32.0 Å². The molecule has 3 heterocycles. The molecule has 1 aromatic carbocycles. The van der Waals surface area contributed by atoms with Crippen LogP contribution in [0.5, 0.6) is 0 Å². The summed E-state index contributed by atoms with van der Waals surface area (Å²) in [5, 5.41) is 5.43. The van der Waals surface area contributed by atoms with Gasteiger partial charge in [0.05, 0.1) is 30.4 Å². The minimum absolute atomic E-state index is 0.134. The van der Waals surface area contributed by atoms with Crippen LogP contribution in [0.2, 0.25) is 0 Å². The molecule has 0 atom stereocenters. The molecule has 32 heavy (non-hydrogen) atoms. The second kappa shape index (κ2) is 8.38. The third-order valence-corrected chi connectivity index (χ3v) is 4.98. The normalized spacial score (nSPS) is 10.9. The lowest BCUT2D eigenvalue weighted by Crippen LogP contribution is -2.37. The smallest absolute Gasteiger partial charge is 0.332 e. The lowest BCUT2D eigenvalue weighted by molar-refractivity contribution is -0.116. The van der Waals surface area contributed by atoms with E-state index in [0.717, 1.165) is 4.57 Å². The van der Waals surface area contributed by atoms with E-state index in [2.05, 4.69) is 15.6 Å². The maximum absolute atomic E-state index is 12.7. The highest BCUT2D eigenvalue weighted by atomic mass is 16.3. The molecule has 0 aliphatic rings. The Balaban J connectivity index is 1.54. The van der Waals surface area contributed by atoms with Crippen LogP contribution in [0.4, 0.5) is 5.69 Å². The molecule has 0 saturated carbocycles. The highest BCUT2D eigenvalue weighted by Gasteiger charge is 2.17. The maximum atomic E-state index is 12.7. The van der Waals surface area contributed by atoms with E-state index in [4.69, 9.17) is 4.42 Å². The number of hydrogen-bond acceptors (Lipinski definition) is 6. The van der Waals surface area contributed by atoms with Crippen molar-refractivity contribution in [3.8, 4) is 0 Å². The summed E-state index contributed by atoms with van der Waals surface area (Å²) < 4.78 is 8.76. The number of imidazole rings is 1. The molecule has 3 aromatic heterocycles. The van der Waals surface area contributed by atoms with Gasteiger partial charge in [-0.25, -0.2) is 9.78 Å². The van der Waals surface area contributed by atoms with Gasteiger partial charge in [0.15, 0.2) is 11.2 Å². The van der Waals surface area contributed by atoms with E-state index in [1.807, 2.05) is 0 Å². The number of anilines is 1. The Morgan fingerprint density at radius 3 is 2.59 bits per heavy atom. The van der Waals surface area contributed by atoms with E-state index < -0.39 is 17.2 Å². The minimum Gasteiger partial charge on any atom is -0.467 e. The van der Waals surface area contributed by atoms with E-state index in [1.54, 1.807) is 36.4 Å². The lowest BCUT2D eigenvalue weighted by Gasteiger charge is -2.12. The number of aryl methyl sites for hydroxylation is 1. The Hall–Kier alpha value is -4.41. The number of nitrogens with zero attached hydrogens (tertiary/aromatic N) is 4. The Bertz CT molecular complexity index is 1430. The first-order valence-electron chi connectivity index (χ1n) is 9.67. The Morgan fingerprint density at radius 1 is 1.06 bits per heavy atom. The molecule has 0 unspecified atom stereocenters. The molecule has 11 heteroatoms. The molecular weight excluding hydrogens is 416 g/mol.